The Morgan fingerprint density at radius 3 is 2.47 bits per heavy atom. The summed E-state index contributed by atoms with van der Waals surface area (Å²) in [5.74, 6) is 1.47. The van der Waals surface area contributed by atoms with Crippen LogP contribution in [0, 0.1) is 6.92 Å². The number of nitrogens with zero attached hydrogens (tertiary/aromatic N) is 2. The summed E-state index contributed by atoms with van der Waals surface area (Å²) >= 11 is 6.10. The first-order valence-corrected chi connectivity index (χ1v) is 6.13. The molecule has 0 saturated heterocycles. The highest BCUT2D eigenvalue weighted by Crippen LogP contribution is 2.25. The summed E-state index contributed by atoms with van der Waals surface area (Å²) in [6.45, 7) is 8.86. The molecule has 0 saturated carbocycles. The highest BCUT2D eigenvalue weighted by Gasteiger charge is 2.20. The van der Waals surface area contributed by atoms with Crippen LogP contribution < -0.4 is 5.32 Å². The van der Waals surface area contributed by atoms with Gasteiger partial charge < -0.3 is 10.4 Å². The molecule has 1 aromatic heterocycles. The first kappa shape index (κ1) is 14.2. The lowest BCUT2D eigenvalue weighted by atomic mass is 9.95. The van der Waals surface area contributed by atoms with Gasteiger partial charge in [0.2, 0.25) is 0 Å². The lowest BCUT2D eigenvalue weighted by Crippen LogP contribution is -2.18. The van der Waals surface area contributed by atoms with E-state index in [4.69, 9.17) is 16.7 Å². The SMILES string of the molecule is Cc1c(Cl)nc(C(C)(C)C)nc1NCCCO. The van der Waals surface area contributed by atoms with Crippen LogP contribution in [0.4, 0.5) is 5.82 Å². The van der Waals surface area contributed by atoms with Crippen LogP contribution in [0.3, 0.4) is 0 Å². The van der Waals surface area contributed by atoms with Crippen molar-refractivity contribution in [1.82, 2.24) is 9.97 Å². The van der Waals surface area contributed by atoms with E-state index in [1.807, 2.05) is 27.7 Å². The zero-order valence-electron chi connectivity index (χ0n) is 10.8. The Hall–Kier alpha value is -0.870. The van der Waals surface area contributed by atoms with Crippen LogP contribution in [0.15, 0.2) is 0 Å². The van der Waals surface area contributed by atoms with E-state index in [0.717, 1.165) is 17.2 Å². The first-order chi connectivity index (χ1) is 7.86. The second-order valence-corrected chi connectivity index (χ2v) is 5.42. The van der Waals surface area contributed by atoms with Crippen LogP contribution in [-0.2, 0) is 5.41 Å². The van der Waals surface area contributed by atoms with Crippen LogP contribution in [0.25, 0.3) is 0 Å². The summed E-state index contributed by atoms with van der Waals surface area (Å²) in [7, 11) is 0. The smallest absolute Gasteiger partial charge is 0.137 e. The van der Waals surface area contributed by atoms with Crippen molar-refractivity contribution in [3.8, 4) is 0 Å². The quantitative estimate of drug-likeness (QED) is 0.643. The maximum Gasteiger partial charge on any atom is 0.137 e. The molecule has 0 aromatic carbocycles. The van der Waals surface area contributed by atoms with Crippen molar-refractivity contribution in [1.29, 1.82) is 0 Å². The van der Waals surface area contributed by atoms with Gasteiger partial charge in [0.25, 0.3) is 0 Å². The van der Waals surface area contributed by atoms with Gasteiger partial charge in [0.15, 0.2) is 0 Å². The predicted octanol–water partition coefficient (Wildman–Crippen LogP) is 2.53. The van der Waals surface area contributed by atoms with Crippen molar-refractivity contribution in [2.45, 2.75) is 39.5 Å². The molecule has 0 aliphatic heterocycles. The number of aliphatic hydroxyl groups excluding tert-OH is 1. The van der Waals surface area contributed by atoms with E-state index in [0.29, 0.717) is 18.1 Å². The van der Waals surface area contributed by atoms with Gasteiger partial charge in [0.05, 0.1) is 0 Å². The highest BCUT2D eigenvalue weighted by molar-refractivity contribution is 6.30. The van der Waals surface area contributed by atoms with Crippen LogP contribution in [0.1, 0.15) is 38.6 Å². The van der Waals surface area contributed by atoms with Crippen molar-refractivity contribution >= 4 is 17.4 Å². The van der Waals surface area contributed by atoms with E-state index < -0.39 is 0 Å². The second-order valence-electron chi connectivity index (χ2n) is 5.07. The van der Waals surface area contributed by atoms with E-state index >= 15 is 0 Å². The molecule has 17 heavy (non-hydrogen) atoms. The summed E-state index contributed by atoms with van der Waals surface area (Å²) in [6, 6.07) is 0. The van der Waals surface area contributed by atoms with Gasteiger partial charge in [-0.1, -0.05) is 32.4 Å². The van der Waals surface area contributed by atoms with Crippen LogP contribution >= 0.6 is 11.6 Å². The maximum absolute atomic E-state index is 8.75. The topological polar surface area (TPSA) is 58.0 Å². The van der Waals surface area contributed by atoms with Gasteiger partial charge in [0.1, 0.15) is 16.8 Å². The van der Waals surface area contributed by atoms with Gasteiger partial charge in [-0.15, -0.1) is 0 Å². The Bertz CT molecular complexity index is 388. The number of anilines is 1. The second kappa shape index (κ2) is 5.65. The largest absolute Gasteiger partial charge is 0.396 e. The Morgan fingerprint density at radius 2 is 1.94 bits per heavy atom. The first-order valence-electron chi connectivity index (χ1n) is 5.75. The van der Waals surface area contributed by atoms with Crippen molar-refractivity contribution in [2.75, 3.05) is 18.5 Å². The molecule has 1 rings (SSSR count). The molecular formula is C12H20ClN3O. The molecule has 0 radical (unpaired) electrons. The van der Waals surface area contributed by atoms with Gasteiger partial charge in [0, 0.05) is 24.1 Å². The van der Waals surface area contributed by atoms with Gasteiger partial charge in [-0.2, -0.15) is 0 Å². The summed E-state index contributed by atoms with van der Waals surface area (Å²) in [4.78, 5) is 8.79. The third-order valence-corrected chi connectivity index (χ3v) is 2.75. The van der Waals surface area contributed by atoms with E-state index in [2.05, 4.69) is 15.3 Å². The fourth-order valence-corrected chi connectivity index (χ4v) is 1.45. The molecule has 0 atom stereocenters. The minimum atomic E-state index is -0.134. The number of rotatable bonds is 4. The molecule has 1 aromatic rings. The molecule has 2 N–H and O–H groups in total. The van der Waals surface area contributed by atoms with Crippen molar-refractivity contribution in [2.24, 2.45) is 0 Å². The molecule has 0 unspecified atom stereocenters. The molecule has 1 heterocycles. The molecule has 5 heteroatoms. The monoisotopic (exact) mass is 257 g/mol. The standard InChI is InChI=1S/C12H20ClN3O/c1-8-9(13)15-11(12(2,3)4)16-10(8)14-6-5-7-17/h17H,5-7H2,1-4H3,(H,14,15,16). The third kappa shape index (κ3) is 3.82. The van der Waals surface area contributed by atoms with Gasteiger partial charge in [-0.25, -0.2) is 9.97 Å². The number of hydrogen-bond donors (Lipinski definition) is 2. The fraction of sp³-hybridized carbons (Fsp3) is 0.667. The zero-order chi connectivity index (χ0) is 13.1. The lowest BCUT2D eigenvalue weighted by molar-refractivity contribution is 0.292. The molecule has 0 aliphatic rings. The average molecular weight is 258 g/mol. The predicted molar refractivity (Wildman–Crippen MR) is 70.7 cm³/mol. The zero-order valence-corrected chi connectivity index (χ0v) is 11.6. The van der Waals surface area contributed by atoms with E-state index in [9.17, 15) is 0 Å². The van der Waals surface area contributed by atoms with E-state index in [1.165, 1.54) is 0 Å². The summed E-state index contributed by atoms with van der Waals surface area (Å²) in [6.07, 6.45) is 0.686. The highest BCUT2D eigenvalue weighted by atomic mass is 35.5. The number of aliphatic hydroxyl groups is 1. The molecule has 0 aliphatic carbocycles. The van der Waals surface area contributed by atoms with Crippen molar-refractivity contribution < 1.29 is 5.11 Å². The number of hydrogen-bond acceptors (Lipinski definition) is 4. The van der Waals surface area contributed by atoms with Crippen molar-refractivity contribution in [3.05, 3.63) is 16.5 Å². The molecule has 0 spiro atoms. The van der Waals surface area contributed by atoms with Gasteiger partial charge >= 0.3 is 0 Å². The maximum atomic E-state index is 8.75. The summed E-state index contributed by atoms with van der Waals surface area (Å²) < 4.78 is 0. The number of halogens is 1. The molecule has 0 amide bonds. The van der Waals surface area contributed by atoms with Crippen LogP contribution in [-0.4, -0.2) is 28.2 Å². The van der Waals surface area contributed by atoms with Crippen molar-refractivity contribution in [3.63, 3.8) is 0 Å². The normalized spacial score (nSPS) is 11.6. The Balaban J connectivity index is 2.99. The molecule has 0 bridgehead atoms. The van der Waals surface area contributed by atoms with Crippen LogP contribution in [0.2, 0.25) is 5.15 Å². The minimum absolute atomic E-state index is 0.134. The number of nitrogens with one attached hydrogen (secondary N) is 1. The Morgan fingerprint density at radius 1 is 1.29 bits per heavy atom. The molecule has 4 nitrogen and oxygen atoms in total. The van der Waals surface area contributed by atoms with E-state index in [1.54, 1.807) is 0 Å². The van der Waals surface area contributed by atoms with Gasteiger partial charge in [-0.05, 0) is 13.3 Å². The summed E-state index contributed by atoms with van der Waals surface area (Å²) in [5.41, 5.74) is 0.711. The van der Waals surface area contributed by atoms with Crippen LogP contribution in [0.5, 0.6) is 0 Å². The Labute approximate surface area is 107 Å². The van der Waals surface area contributed by atoms with E-state index in [-0.39, 0.29) is 12.0 Å². The molecule has 0 fully saturated rings. The minimum Gasteiger partial charge on any atom is -0.396 e. The number of aromatic nitrogens is 2. The fourth-order valence-electron chi connectivity index (χ4n) is 1.28. The molecule has 96 valence electrons. The van der Waals surface area contributed by atoms with Gasteiger partial charge in [-0.3, -0.25) is 0 Å². The summed E-state index contributed by atoms with van der Waals surface area (Å²) in [5, 5.41) is 12.4. The average Bonchev–Trinajstić information content (AvgIpc) is 2.22. The molecular weight excluding hydrogens is 238 g/mol. The Kier molecular flexibility index (Phi) is 4.71. The lowest BCUT2D eigenvalue weighted by Gasteiger charge is -2.19. The third-order valence-electron chi connectivity index (χ3n) is 2.38.